The predicted molar refractivity (Wildman–Crippen MR) is 62.4 cm³/mol. The van der Waals surface area contributed by atoms with Gasteiger partial charge in [-0.1, -0.05) is 22.0 Å². The van der Waals surface area contributed by atoms with E-state index < -0.39 is 11.7 Å². The summed E-state index contributed by atoms with van der Waals surface area (Å²) in [7, 11) is 0. The molecule has 1 aliphatic carbocycles. The van der Waals surface area contributed by atoms with Crippen LogP contribution in [0.15, 0.2) is 24.3 Å². The molecule has 0 spiro atoms. The van der Waals surface area contributed by atoms with Crippen molar-refractivity contribution in [3.63, 3.8) is 0 Å². The lowest BCUT2D eigenvalue weighted by molar-refractivity contribution is -0.137. The van der Waals surface area contributed by atoms with Crippen molar-refractivity contribution >= 4 is 15.9 Å². The van der Waals surface area contributed by atoms with Crippen molar-refractivity contribution in [3.8, 4) is 5.75 Å². The summed E-state index contributed by atoms with van der Waals surface area (Å²) in [4.78, 5) is 0. The van der Waals surface area contributed by atoms with E-state index >= 15 is 0 Å². The zero-order valence-corrected chi connectivity index (χ0v) is 10.6. The van der Waals surface area contributed by atoms with Gasteiger partial charge in [0.1, 0.15) is 5.75 Å². The second-order valence-electron chi connectivity index (χ2n) is 4.45. The van der Waals surface area contributed by atoms with E-state index in [0.717, 1.165) is 30.3 Å². The number of hydrogen-bond donors (Lipinski definition) is 0. The third-order valence-electron chi connectivity index (χ3n) is 2.95. The molecule has 5 heteroatoms. The van der Waals surface area contributed by atoms with E-state index in [0.29, 0.717) is 6.61 Å². The van der Waals surface area contributed by atoms with E-state index in [2.05, 4.69) is 15.9 Å². The largest absolute Gasteiger partial charge is 0.493 e. The molecule has 0 heterocycles. The van der Waals surface area contributed by atoms with Crippen molar-refractivity contribution in [1.29, 1.82) is 0 Å². The molecule has 0 saturated heterocycles. The Balaban J connectivity index is 2.02. The van der Waals surface area contributed by atoms with E-state index in [-0.39, 0.29) is 11.2 Å². The van der Waals surface area contributed by atoms with Crippen LogP contribution >= 0.6 is 15.9 Å². The molecule has 2 rings (SSSR count). The fourth-order valence-corrected chi connectivity index (χ4v) is 2.21. The topological polar surface area (TPSA) is 9.23 Å². The monoisotopic (exact) mass is 308 g/mol. The molecule has 0 aromatic heterocycles. The first-order chi connectivity index (χ1) is 7.95. The van der Waals surface area contributed by atoms with Gasteiger partial charge in [0.15, 0.2) is 0 Å². The average Bonchev–Trinajstić information content (AvgIpc) is 3.06. The summed E-state index contributed by atoms with van der Waals surface area (Å²) in [5, 5.41) is 0.832. The lowest BCUT2D eigenvalue weighted by atomic mass is 10.1. The Morgan fingerprint density at radius 2 is 2.00 bits per heavy atom. The highest BCUT2D eigenvalue weighted by atomic mass is 79.9. The van der Waals surface area contributed by atoms with Gasteiger partial charge in [-0.25, -0.2) is 0 Å². The molecule has 0 bridgehead atoms. The molecule has 1 aromatic rings. The van der Waals surface area contributed by atoms with Gasteiger partial charge in [0.25, 0.3) is 0 Å². The van der Waals surface area contributed by atoms with Gasteiger partial charge in [-0.15, -0.1) is 0 Å². The molecule has 1 nitrogen and oxygen atoms in total. The molecule has 0 atom stereocenters. The standard InChI is InChI=1S/C12H12BrF3O/c13-7-11(4-5-11)8-17-10-3-1-2-9(6-10)12(14,15)16/h1-3,6H,4-5,7-8H2. The van der Waals surface area contributed by atoms with Gasteiger partial charge in [-0.05, 0) is 31.0 Å². The average molecular weight is 309 g/mol. The molecule has 0 radical (unpaired) electrons. The van der Waals surface area contributed by atoms with Crippen LogP contribution in [0.5, 0.6) is 5.75 Å². The van der Waals surface area contributed by atoms with Crippen LogP contribution in [0.2, 0.25) is 0 Å². The number of ether oxygens (including phenoxy) is 1. The van der Waals surface area contributed by atoms with Crippen molar-refractivity contribution in [2.75, 3.05) is 11.9 Å². The molecule has 0 aliphatic heterocycles. The van der Waals surface area contributed by atoms with E-state index in [1.54, 1.807) is 6.07 Å². The molecule has 1 saturated carbocycles. The normalized spacial score (nSPS) is 17.9. The number of halogens is 4. The number of hydrogen-bond acceptors (Lipinski definition) is 1. The molecular weight excluding hydrogens is 297 g/mol. The Morgan fingerprint density at radius 3 is 2.53 bits per heavy atom. The third kappa shape index (κ3) is 3.15. The van der Waals surface area contributed by atoms with Crippen LogP contribution in [0, 0.1) is 5.41 Å². The van der Waals surface area contributed by atoms with Crippen LogP contribution in [0.1, 0.15) is 18.4 Å². The SMILES string of the molecule is FC(F)(F)c1cccc(OCC2(CBr)CC2)c1. The maximum atomic E-state index is 12.5. The Morgan fingerprint density at radius 1 is 1.29 bits per heavy atom. The number of rotatable bonds is 4. The zero-order valence-electron chi connectivity index (χ0n) is 9.06. The van der Waals surface area contributed by atoms with Crippen LogP contribution in [-0.2, 0) is 6.18 Å². The summed E-state index contributed by atoms with van der Waals surface area (Å²) in [6, 6.07) is 5.01. The fourth-order valence-electron chi connectivity index (χ4n) is 1.49. The Bertz CT molecular complexity index is 399. The molecule has 0 amide bonds. The van der Waals surface area contributed by atoms with E-state index in [1.807, 2.05) is 0 Å². The highest BCUT2D eigenvalue weighted by Gasteiger charge is 2.42. The zero-order chi connectivity index (χ0) is 12.5. The van der Waals surface area contributed by atoms with Gasteiger partial charge in [0.2, 0.25) is 0 Å². The molecule has 1 aromatic carbocycles. The number of alkyl halides is 4. The Labute approximate surface area is 106 Å². The van der Waals surface area contributed by atoms with Gasteiger partial charge < -0.3 is 4.74 Å². The summed E-state index contributed by atoms with van der Waals surface area (Å²) < 4.78 is 42.8. The minimum absolute atomic E-state index is 0.133. The summed E-state index contributed by atoms with van der Waals surface area (Å²) in [6.07, 6.45) is -2.18. The maximum absolute atomic E-state index is 12.5. The first kappa shape index (κ1) is 12.7. The van der Waals surface area contributed by atoms with E-state index in [9.17, 15) is 13.2 Å². The summed E-state index contributed by atoms with van der Waals surface area (Å²) in [6.45, 7) is 0.472. The van der Waals surface area contributed by atoms with Crippen molar-refractivity contribution in [1.82, 2.24) is 0 Å². The van der Waals surface area contributed by atoms with Crippen molar-refractivity contribution in [3.05, 3.63) is 29.8 Å². The molecule has 0 unspecified atom stereocenters. The minimum atomic E-state index is -4.31. The van der Waals surface area contributed by atoms with Crippen molar-refractivity contribution in [2.45, 2.75) is 19.0 Å². The first-order valence-electron chi connectivity index (χ1n) is 5.31. The molecular formula is C12H12BrF3O. The maximum Gasteiger partial charge on any atom is 0.416 e. The second kappa shape index (κ2) is 4.52. The summed E-state index contributed by atoms with van der Waals surface area (Å²) in [5.74, 6) is 0.284. The Kier molecular flexibility index (Phi) is 3.39. The lowest BCUT2D eigenvalue weighted by Gasteiger charge is -2.14. The van der Waals surface area contributed by atoms with Crippen molar-refractivity contribution in [2.24, 2.45) is 5.41 Å². The third-order valence-corrected chi connectivity index (χ3v) is 4.14. The Hall–Kier alpha value is -0.710. The van der Waals surface area contributed by atoms with Crippen LogP contribution < -0.4 is 4.74 Å². The van der Waals surface area contributed by atoms with Crippen LogP contribution in [0.25, 0.3) is 0 Å². The van der Waals surface area contributed by atoms with Gasteiger partial charge in [-0.3, -0.25) is 0 Å². The van der Waals surface area contributed by atoms with Gasteiger partial charge in [0, 0.05) is 10.7 Å². The highest BCUT2D eigenvalue weighted by Crippen LogP contribution is 2.47. The summed E-state index contributed by atoms with van der Waals surface area (Å²) in [5.41, 5.74) is -0.535. The summed E-state index contributed by atoms with van der Waals surface area (Å²) >= 11 is 3.39. The fraction of sp³-hybridized carbons (Fsp3) is 0.500. The van der Waals surface area contributed by atoms with Crippen molar-refractivity contribution < 1.29 is 17.9 Å². The van der Waals surface area contributed by atoms with Gasteiger partial charge >= 0.3 is 6.18 Å². The molecule has 17 heavy (non-hydrogen) atoms. The van der Waals surface area contributed by atoms with E-state index in [1.165, 1.54) is 6.07 Å². The van der Waals surface area contributed by atoms with E-state index in [4.69, 9.17) is 4.74 Å². The molecule has 1 aliphatic rings. The molecule has 94 valence electrons. The number of benzene rings is 1. The minimum Gasteiger partial charge on any atom is -0.493 e. The predicted octanol–water partition coefficient (Wildman–Crippen LogP) is 4.26. The van der Waals surface area contributed by atoms with Gasteiger partial charge in [0.05, 0.1) is 12.2 Å². The van der Waals surface area contributed by atoms with Crippen LogP contribution in [0.3, 0.4) is 0 Å². The van der Waals surface area contributed by atoms with Crippen LogP contribution in [0.4, 0.5) is 13.2 Å². The highest BCUT2D eigenvalue weighted by molar-refractivity contribution is 9.09. The molecule has 1 fully saturated rings. The molecule has 0 N–H and O–H groups in total. The van der Waals surface area contributed by atoms with Gasteiger partial charge in [-0.2, -0.15) is 13.2 Å². The first-order valence-corrected chi connectivity index (χ1v) is 6.43. The van der Waals surface area contributed by atoms with Crippen LogP contribution in [-0.4, -0.2) is 11.9 Å². The lowest BCUT2D eigenvalue weighted by Crippen LogP contribution is -2.14. The quantitative estimate of drug-likeness (QED) is 0.755. The second-order valence-corrected chi connectivity index (χ2v) is 5.01. The smallest absolute Gasteiger partial charge is 0.416 e.